The predicted molar refractivity (Wildman–Crippen MR) is 76.1 cm³/mol. The number of aryl methyl sites for hydroxylation is 1. The van der Waals surface area contributed by atoms with Crippen LogP contribution < -0.4 is 10.6 Å². The molecule has 0 saturated heterocycles. The quantitative estimate of drug-likeness (QED) is 0.861. The molecule has 1 aliphatic heterocycles. The van der Waals surface area contributed by atoms with Crippen molar-refractivity contribution in [3.63, 3.8) is 0 Å². The van der Waals surface area contributed by atoms with Crippen LogP contribution in [-0.4, -0.2) is 33.7 Å². The van der Waals surface area contributed by atoms with Gasteiger partial charge in [0.25, 0.3) is 0 Å². The molecule has 6 heteroatoms. The van der Waals surface area contributed by atoms with Crippen LogP contribution in [-0.2, 0) is 16.4 Å². The fourth-order valence-corrected chi connectivity index (χ4v) is 3.01. The van der Waals surface area contributed by atoms with Crippen LogP contribution in [0.3, 0.4) is 0 Å². The van der Waals surface area contributed by atoms with E-state index in [9.17, 15) is 8.42 Å². The normalized spacial score (nSPS) is 15.6. The molecule has 1 heterocycles. The third-order valence-electron chi connectivity index (χ3n) is 3.01. The van der Waals surface area contributed by atoms with Gasteiger partial charge in [-0.1, -0.05) is 12.1 Å². The molecule has 1 aliphatic rings. The number of rotatable bonds is 3. The van der Waals surface area contributed by atoms with E-state index in [1.54, 1.807) is 13.0 Å². The number of nitrogens with zero attached hydrogens (tertiary/aromatic N) is 1. The molecule has 1 aromatic rings. The third kappa shape index (κ3) is 3.70. The molecule has 0 fully saturated rings. The second kappa shape index (κ2) is 5.61. The Kier molecular flexibility index (Phi) is 4.09. The molecule has 19 heavy (non-hydrogen) atoms. The third-order valence-corrected chi connectivity index (χ3v) is 4.25. The van der Waals surface area contributed by atoms with Crippen LogP contribution in [0.5, 0.6) is 0 Å². The number of nitrogens with one attached hydrogen (secondary N) is 2. The van der Waals surface area contributed by atoms with Crippen molar-refractivity contribution in [1.29, 1.82) is 0 Å². The first-order valence-electron chi connectivity index (χ1n) is 6.28. The van der Waals surface area contributed by atoms with Crippen molar-refractivity contribution >= 4 is 15.8 Å². The van der Waals surface area contributed by atoms with Crippen LogP contribution >= 0.6 is 0 Å². The number of benzene rings is 1. The van der Waals surface area contributed by atoms with E-state index in [1.165, 1.54) is 6.26 Å². The van der Waals surface area contributed by atoms with E-state index in [1.807, 2.05) is 12.1 Å². The van der Waals surface area contributed by atoms with E-state index >= 15 is 0 Å². The summed E-state index contributed by atoms with van der Waals surface area (Å²) < 4.78 is 23.3. The summed E-state index contributed by atoms with van der Waals surface area (Å²) >= 11 is 0. The molecule has 0 aliphatic carbocycles. The monoisotopic (exact) mass is 281 g/mol. The average molecular weight is 281 g/mol. The lowest BCUT2D eigenvalue weighted by Gasteiger charge is -2.16. The molecular weight excluding hydrogens is 262 g/mol. The lowest BCUT2D eigenvalue weighted by molar-refractivity contribution is 0.601. The van der Waals surface area contributed by atoms with Crippen molar-refractivity contribution in [2.45, 2.75) is 24.8 Å². The standard InChI is InChI=1S/C13H19N3O2S/c1-10-4-5-11(8-12(10)19(2,17)18)9-16-13-14-6-3-7-15-13/h4-5,8H,3,6-7,9H2,1-2H3,(H2,14,15,16). The first-order chi connectivity index (χ1) is 8.97. The predicted octanol–water partition coefficient (Wildman–Crippen LogP) is 0.837. The molecule has 1 aromatic carbocycles. The van der Waals surface area contributed by atoms with Gasteiger partial charge in [0.1, 0.15) is 0 Å². The molecule has 104 valence electrons. The Balaban J connectivity index is 2.11. The second-order valence-corrected chi connectivity index (χ2v) is 6.72. The lowest BCUT2D eigenvalue weighted by Crippen LogP contribution is -2.40. The smallest absolute Gasteiger partial charge is 0.191 e. The minimum absolute atomic E-state index is 0.394. The van der Waals surface area contributed by atoms with Gasteiger partial charge < -0.3 is 10.6 Å². The largest absolute Gasteiger partial charge is 0.356 e. The van der Waals surface area contributed by atoms with Crippen LogP contribution in [0, 0.1) is 6.92 Å². The Morgan fingerprint density at radius 3 is 2.84 bits per heavy atom. The summed E-state index contributed by atoms with van der Waals surface area (Å²) in [6.07, 6.45) is 2.28. The molecule has 0 amide bonds. The molecule has 2 N–H and O–H groups in total. The summed E-state index contributed by atoms with van der Waals surface area (Å²) in [7, 11) is -3.17. The molecule has 0 bridgehead atoms. The molecule has 2 rings (SSSR count). The number of aliphatic imine (C=N–C) groups is 1. The van der Waals surface area contributed by atoms with Crippen molar-refractivity contribution in [1.82, 2.24) is 10.6 Å². The average Bonchev–Trinajstić information content (AvgIpc) is 2.37. The SMILES string of the molecule is Cc1ccc(CNC2=NCCCN2)cc1S(C)(=O)=O. The Hall–Kier alpha value is -1.56. The fraction of sp³-hybridized carbons (Fsp3) is 0.462. The molecule has 0 radical (unpaired) electrons. The highest BCUT2D eigenvalue weighted by atomic mass is 32.2. The second-order valence-electron chi connectivity index (χ2n) is 4.74. The highest BCUT2D eigenvalue weighted by Crippen LogP contribution is 2.16. The van der Waals surface area contributed by atoms with Gasteiger partial charge in [-0.05, 0) is 30.5 Å². The minimum atomic E-state index is -3.17. The Bertz CT molecular complexity index is 594. The Morgan fingerprint density at radius 2 is 2.21 bits per heavy atom. The van der Waals surface area contributed by atoms with Crippen molar-refractivity contribution in [3.05, 3.63) is 29.3 Å². The first-order valence-corrected chi connectivity index (χ1v) is 8.18. The van der Waals surface area contributed by atoms with Gasteiger partial charge in [-0.3, -0.25) is 4.99 Å². The van der Waals surface area contributed by atoms with E-state index in [2.05, 4.69) is 15.6 Å². The van der Waals surface area contributed by atoms with Crippen molar-refractivity contribution in [2.75, 3.05) is 19.3 Å². The van der Waals surface area contributed by atoms with E-state index in [-0.39, 0.29) is 0 Å². The molecule has 0 atom stereocenters. The summed E-state index contributed by atoms with van der Waals surface area (Å²) in [5.74, 6) is 0.785. The van der Waals surface area contributed by atoms with Gasteiger partial charge in [-0.2, -0.15) is 0 Å². The van der Waals surface area contributed by atoms with Crippen molar-refractivity contribution in [3.8, 4) is 0 Å². The maximum absolute atomic E-state index is 11.7. The molecule has 5 nitrogen and oxygen atoms in total. The summed E-state index contributed by atoms with van der Waals surface area (Å²) in [5.41, 5.74) is 1.71. The molecular formula is C13H19N3O2S. The lowest BCUT2D eigenvalue weighted by atomic mass is 10.1. The van der Waals surface area contributed by atoms with Crippen molar-refractivity contribution in [2.24, 2.45) is 4.99 Å². The van der Waals surface area contributed by atoms with Gasteiger partial charge in [0, 0.05) is 25.9 Å². The van der Waals surface area contributed by atoms with Crippen molar-refractivity contribution < 1.29 is 8.42 Å². The van der Waals surface area contributed by atoms with Gasteiger partial charge >= 0.3 is 0 Å². The first kappa shape index (κ1) is 13.9. The maximum atomic E-state index is 11.7. The summed E-state index contributed by atoms with van der Waals surface area (Å²) in [4.78, 5) is 4.70. The van der Waals surface area contributed by atoms with Gasteiger partial charge in [0.05, 0.1) is 4.90 Å². The minimum Gasteiger partial charge on any atom is -0.356 e. The molecule has 0 aromatic heterocycles. The summed E-state index contributed by atoms with van der Waals surface area (Å²) in [6, 6.07) is 5.49. The molecule has 0 unspecified atom stereocenters. The van der Waals surface area contributed by atoms with Crippen LogP contribution in [0.25, 0.3) is 0 Å². The van der Waals surface area contributed by atoms with E-state index in [4.69, 9.17) is 0 Å². The number of guanidine groups is 1. The van der Waals surface area contributed by atoms with Crippen LogP contribution in [0.15, 0.2) is 28.1 Å². The molecule has 0 spiro atoms. The topological polar surface area (TPSA) is 70.6 Å². The number of sulfone groups is 1. The van der Waals surface area contributed by atoms with Gasteiger partial charge in [-0.25, -0.2) is 8.42 Å². The number of hydrogen-bond acceptors (Lipinski definition) is 5. The van der Waals surface area contributed by atoms with Crippen LogP contribution in [0.2, 0.25) is 0 Å². The molecule has 0 saturated carbocycles. The van der Waals surface area contributed by atoms with Gasteiger partial charge in [0.15, 0.2) is 15.8 Å². The zero-order valence-corrected chi connectivity index (χ0v) is 12.0. The van der Waals surface area contributed by atoms with Crippen LogP contribution in [0.1, 0.15) is 17.5 Å². The Labute approximate surface area is 114 Å². The van der Waals surface area contributed by atoms with E-state index in [0.29, 0.717) is 11.4 Å². The summed E-state index contributed by atoms with van der Waals surface area (Å²) in [5, 5.41) is 6.35. The van der Waals surface area contributed by atoms with Crippen LogP contribution in [0.4, 0.5) is 0 Å². The summed E-state index contributed by atoms with van der Waals surface area (Å²) in [6.45, 7) is 4.13. The highest BCUT2D eigenvalue weighted by molar-refractivity contribution is 7.90. The van der Waals surface area contributed by atoms with Gasteiger partial charge in [-0.15, -0.1) is 0 Å². The van der Waals surface area contributed by atoms with Gasteiger partial charge in [0.2, 0.25) is 0 Å². The van der Waals surface area contributed by atoms with E-state index < -0.39 is 9.84 Å². The maximum Gasteiger partial charge on any atom is 0.191 e. The number of hydrogen-bond donors (Lipinski definition) is 2. The van der Waals surface area contributed by atoms with E-state index in [0.717, 1.165) is 36.6 Å². The fourth-order valence-electron chi connectivity index (χ4n) is 1.99. The zero-order chi connectivity index (χ0) is 13.9. The Morgan fingerprint density at radius 1 is 1.42 bits per heavy atom. The highest BCUT2D eigenvalue weighted by Gasteiger charge is 2.11. The zero-order valence-electron chi connectivity index (χ0n) is 11.2.